The minimum absolute atomic E-state index is 0.0572. The quantitative estimate of drug-likeness (QED) is 0.562. The van der Waals surface area contributed by atoms with Gasteiger partial charge in [-0.2, -0.15) is 0 Å². The van der Waals surface area contributed by atoms with Crippen LogP contribution in [0.5, 0.6) is 0 Å². The largest absolute Gasteiger partial charge is 0.341 e. The molecular formula is C28H32BrN5O3. The highest BCUT2D eigenvalue weighted by Gasteiger charge is 2.37. The van der Waals surface area contributed by atoms with E-state index in [0.29, 0.717) is 28.9 Å². The van der Waals surface area contributed by atoms with Crippen molar-refractivity contribution in [3.63, 3.8) is 0 Å². The van der Waals surface area contributed by atoms with Crippen molar-refractivity contribution < 1.29 is 14.4 Å². The summed E-state index contributed by atoms with van der Waals surface area (Å²) in [4.78, 5) is 48.3. The molecule has 8 nitrogen and oxygen atoms in total. The molecule has 194 valence electrons. The number of urea groups is 1. The minimum Gasteiger partial charge on any atom is -0.341 e. The van der Waals surface area contributed by atoms with Crippen molar-refractivity contribution in [2.24, 2.45) is 16.8 Å². The highest BCUT2D eigenvalue weighted by Crippen LogP contribution is 2.34. The van der Waals surface area contributed by atoms with Gasteiger partial charge in [0.25, 0.3) is 5.91 Å². The number of hydrogen-bond acceptors (Lipinski definition) is 4. The lowest BCUT2D eigenvalue weighted by atomic mass is 9.84. The molecule has 2 aromatic rings. The molecule has 0 spiro atoms. The predicted octanol–water partition coefficient (Wildman–Crippen LogP) is 4.71. The number of carbonyl (C=O) groups excluding carboxylic acids is 3. The average molecular weight is 567 g/mol. The monoisotopic (exact) mass is 565 g/mol. The Hall–Kier alpha value is -3.20. The van der Waals surface area contributed by atoms with E-state index >= 15 is 0 Å². The molecule has 1 atom stereocenters. The van der Waals surface area contributed by atoms with Crippen LogP contribution in [0.1, 0.15) is 43.7 Å². The Labute approximate surface area is 225 Å². The van der Waals surface area contributed by atoms with Crippen LogP contribution >= 0.6 is 15.9 Å². The van der Waals surface area contributed by atoms with Gasteiger partial charge in [-0.1, -0.05) is 40.2 Å². The standard InChI is InChI=1S/C28H32BrN5O3/c1-17-5-3-8-23-18(2)30-26(32-28(37)31-22-7-4-6-21(29)13-22)27(36)34(25(17)23)16-24(35)33-14-19-9-10-20(15-33)12-11-19/h3-8,13,19-20,26H,9-12,14-16H2,1-2H3,(H2,31,32,37)/t19?,20?,26-/m0/s1. The van der Waals surface area contributed by atoms with Gasteiger partial charge in [0.1, 0.15) is 6.54 Å². The van der Waals surface area contributed by atoms with Crippen LogP contribution in [0.15, 0.2) is 51.9 Å². The van der Waals surface area contributed by atoms with Gasteiger partial charge in [0.2, 0.25) is 12.1 Å². The van der Waals surface area contributed by atoms with Crippen LogP contribution in [-0.4, -0.2) is 54.3 Å². The van der Waals surface area contributed by atoms with Gasteiger partial charge < -0.3 is 15.5 Å². The number of benzodiazepines with no additional fused rings is 1. The predicted molar refractivity (Wildman–Crippen MR) is 148 cm³/mol. The summed E-state index contributed by atoms with van der Waals surface area (Å²) in [5.41, 5.74) is 3.55. The minimum atomic E-state index is -1.16. The summed E-state index contributed by atoms with van der Waals surface area (Å²) in [6, 6.07) is 12.4. The van der Waals surface area contributed by atoms with Crippen LogP contribution in [0.25, 0.3) is 0 Å². The highest BCUT2D eigenvalue weighted by molar-refractivity contribution is 9.10. The Bertz CT molecular complexity index is 1240. The third kappa shape index (κ3) is 5.56. The Morgan fingerprint density at radius 3 is 2.38 bits per heavy atom. The number of anilines is 2. The van der Waals surface area contributed by atoms with Crippen LogP contribution < -0.4 is 15.5 Å². The van der Waals surface area contributed by atoms with E-state index in [2.05, 4.69) is 31.6 Å². The number of aryl methyl sites for hydroxylation is 1. The molecule has 2 bridgehead atoms. The van der Waals surface area contributed by atoms with Crippen LogP contribution in [0, 0.1) is 18.8 Å². The van der Waals surface area contributed by atoms with E-state index in [-0.39, 0.29) is 12.5 Å². The van der Waals surface area contributed by atoms with Crippen molar-refractivity contribution in [3.8, 4) is 0 Å². The van der Waals surface area contributed by atoms with E-state index in [1.165, 1.54) is 30.6 Å². The van der Waals surface area contributed by atoms with Crippen molar-refractivity contribution in [3.05, 3.63) is 58.1 Å². The van der Waals surface area contributed by atoms with Crippen LogP contribution in [0.4, 0.5) is 16.2 Å². The fourth-order valence-corrected chi connectivity index (χ4v) is 6.13. The van der Waals surface area contributed by atoms with Gasteiger partial charge in [-0.15, -0.1) is 0 Å². The molecule has 37 heavy (non-hydrogen) atoms. The SMILES string of the molecule is CC1=N[C@@H](NC(=O)Nc2cccc(Br)c2)C(=O)N(CC(=O)N2CC3CCC(CC3)C2)c2c(C)cccc21. The Morgan fingerprint density at radius 1 is 1.03 bits per heavy atom. The molecule has 2 N–H and O–H groups in total. The van der Waals surface area contributed by atoms with Crippen molar-refractivity contribution in [2.75, 3.05) is 29.9 Å². The zero-order valence-electron chi connectivity index (χ0n) is 21.2. The molecule has 4 amide bonds. The maximum Gasteiger partial charge on any atom is 0.321 e. The molecule has 6 rings (SSSR count). The van der Waals surface area contributed by atoms with E-state index in [0.717, 1.165) is 28.7 Å². The molecule has 0 unspecified atom stereocenters. The number of para-hydroxylation sites is 1. The third-order valence-electron chi connectivity index (χ3n) is 7.64. The zero-order valence-corrected chi connectivity index (χ0v) is 22.8. The second-order valence-corrected chi connectivity index (χ2v) is 11.2. The van der Waals surface area contributed by atoms with E-state index in [9.17, 15) is 14.4 Å². The fourth-order valence-electron chi connectivity index (χ4n) is 5.73. The van der Waals surface area contributed by atoms with Gasteiger partial charge in [-0.3, -0.25) is 19.5 Å². The average Bonchev–Trinajstić information content (AvgIpc) is 3.24. The number of benzene rings is 2. The molecule has 2 saturated heterocycles. The third-order valence-corrected chi connectivity index (χ3v) is 8.13. The molecule has 2 aromatic carbocycles. The first kappa shape index (κ1) is 25.4. The summed E-state index contributed by atoms with van der Waals surface area (Å²) in [5.74, 6) is 0.595. The lowest BCUT2D eigenvalue weighted by Crippen LogP contribution is -2.52. The van der Waals surface area contributed by atoms with E-state index in [1.807, 2.05) is 43.0 Å². The van der Waals surface area contributed by atoms with Crippen LogP contribution in [-0.2, 0) is 9.59 Å². The fraction of sp³-hybridized carbons (Fsp3) is 0.429. The molecule has 3 heterocycles. The van der Waals surface area contributed by atoms with Crippen molar-refractivity contribution >= 4 is 50.9 Å². The molecule has 9 heteroatoms. The van der Waals surface area contributed by atoms with Gasteiger partial charge in [0.05, 0.1) is 5.69 Å². The number of nitrogens with one attached hydrogen (secondary N) is 2. The number of carbonyl (C=O) groups is 3. The van der Waals surface area contributed by atoms with Gasteiger partial charge >= 0.3 is 6.03 Å². The zero-order chi connectivity index (χ0) is 26.1. The van der Waals surface area contributed by atoms with Gasteiger partial charge in [-0.25, -0.2) is 4.79 Å². The maximum absolute atomic E-state index is 13.9. The second kappa shape index (κ2) is 10.7. The number of nitrogens with zero attached hydrogens (tertiary/aromatic N) is 3. The Morgan fingerprint density at radius 2 is 1.70 bits per heavy atom. The molecule has 3 fully saturated rings. The number of hydrogen-bond donors (Lipinski definition) is 2. The lowest BCUT2D eigenvalue weighted by molar-refractivity contribution is -0.132. The van der Waals surface area contributed by atoms with E-state index in [4.69, 9.17) is 0 Å². The van der Waals surface area contributed by atoms with Crippen molar-refractivity contribution in [1.29, 1.82) is 0 Å². The molecule has 3 aliphatic heterocycles. The van der Waals surface area contributed by atoms with Crippen molar-refractivity contribution in [2.45, 2.75) is 45.7 Å². The first-order valence-electron chi connectivity index (χ1n) is 12.8. The Balaban J connectivity index is 1.40. The second-order valence-electron chi connectivity index (χ2n) is 10.3. The van der Waals surface area contributed by atoms with Gasteiger partial charge in [-0.05, 0) is 75.1 Å². The van der Waals surface area contributed by atoms with Gasteiger partial charge in [0, 0.05) is 34.5 Å². The van der Waals surface area contributed by atoms with Gasteiger partial charge in [0.15, 0.2) is 0 Å². The molecule has 1 saturated carbocycles. The smallest absolute Gasteiger partial charge is 0.321 e. The summed E-state index contributed by atoms with van der Waals surface area (Å²) in [6.45, 7) is 5.18. The molecular weight excluding hydrogens is 534 g/mol. The highest BCUT2D eigenvalue weighted by atomic mass is 79.9. The molecule has 0 aromatic heterocycles. The van der Waals surface area contributed by atoms with E-state index in [1.54, 1.807) is 18.2 Å². The lowest BCUT2D eigenvalue weighted by Gasteiger charge is -2.30. The number of rotatable bonds is 4. The summed E-state index contributed by atoms with van der Waals surface area (Å²) in [6.07, 6.45) is 3.53. The number of aliphatic imine (C=N–C) groups is 1. The summed E-state index contributed by atoms with van der Waals surface area (Å²) in [7, 11) is 0. The normalized spacial score (nSPS) is 23.1. The first-order valence-corrected chi connectivity index (χ1v) is 13.6. The summed E-state index contributed by atoms with van der Waals surface area (Å²) >= 11 is 3.39. The van der Waals surface area contributed by atoms with Crippen LogP contribution in [0.3, 0.4) is 0 Å². The van der Waals surface area contributed by atoms with Crippen LogP contribution in [0.2, 0.25) is 0 Å². The molecule has 4 aliphatic rings. The topological polar surface area (TPSA) is 94.1 Å². The summed E-state index contributed by atoms with van der Waals surface area (Å²) in [5, 5.41) is 5.46. The first-order chi connectivity index (χ1) is 17.8. The summed E-state index contributed by atoms with van der Waals surface area (Å²) < 4.78 is 0.822. The molecule has 0 radical (unpaired) electrons. The number of amides is 4. The Kier molecular flexibility index (Phi) is 7.33. The van der Waals surface area contributed by atoms with Crippen molar-refractivity contribution in [1.82, 2.24) is 10.2 Å². The number of halogens is 1. The number of fused-ring (bicyclic) bond motifs is 5. The molecule has 1 aliphatic carbocycles. The van der Waals surface area contributed by atoms with E-state index < -0.39 is 18.1 Å². The maximum atomic E-state index is 13.9.